The lowest BCUT2D eigenvalue weighted by Crippen LogP contribution is -2.06. The second-order valence-electron chi connectivity index (χ2n) is 5.13. The van der Waals surface area contributed by atoms with E-state index in [0.717, 1.165) is 42.0 Å². The van der Waals surface area contributed by atoms with Gasteiger partial charge in [-0.05, 0) is 24.5 Å². The van der Waals surface area contributed by atoms with Gasteiger partial charge in [0.15, 0.2) is 0 Å². The van der Waals surface area contributed by atoms with E-state index in [1.165, 1.54) is 0 Å². The molecule has 2 aromatic rings. The van der Waals surface area contributed by atoms with Gasteiger partial charge in [0.2, 0.25) is 0 Å². The molecule has 1 aromatic heterocycles. The Labute approximate surface area is 119 Å². The molecule has 0 aliphatic carbocycles. The quantitative estimate of drug-likeness (QED) is 0.751. The highest BCUT2D eigenvalue weighted by molar-refractivity contribution is 6.17. The molecule has 1 heterocycles. The maximum atomic E-state index is 5.89. The van der Waals surface area contributed by atoms with E-state index in [-0.39, 0.29) is 0 Å². The van der Waals surface area contributed by atoms with Crippen LogP contribution >= 0.6 is 11.6 Å². The summed E-state index contributed by atoms with van der Waals surface area (Å²) in [7, 11) is 1.68. The van der Waals surface area contributed by atoms with Crippen LogP contribution in [0, 0.1) is 5.92 Å². The van der Waals surface area contributed by atoms with E-state index in [0.29, 0.717) is 11.8 Å². The highest BCUT2D eigenvalue weighted by Crippen LogP contribution is 2.26. The molecule has 0 saturated carbocycles. The molecule has 0 aliphatic heterocycles. The number of methoxy groups -OCH3 is 1. The van der Waals surface area contributed by atoms with E-state index in [1.807, 2.05) is 12.1 Å². The average molecular weight is 281 g/mol. The van der Waals surface area contributed by atoms with Gasteiger partial charge in [0.05, 0.1) is 12.6 Å². The molecule has 104 valence electrons. The van der Waals surface area contributed by atoms with Gasteiger partial charge in [0, 0.05) is 18.8 Å². The average Bonchev–Trinajstić information content (AvgIpc) is 2.74. The monoisotopic (exact) mass is 280 g/mol. The Balaban J connectivity index is 2.47. The molecule has 0 aliphatic rings. The molecule has 0 fully saturated rings. The molecule has 0 N–H and O–H groups in total. The molecule has 0 spiro atoms. The van der Waals surface area contributed by atoms with Crippen molar-refractivity contribution in [3.63, 3.8) is 0 Å². The molecule has 1 aromatic carbocycles. The molecule has 0 radical (unpaired) electrons. The van der Waals surface area contributed by atoms with Crippen molar-refractivity contribution in [2.24, 2.45) is 5.92 Å². The number of aromatic nitrogens is 2. The van der Waals surface area contributed by atoms with Crippen LogP contribution in [0.25, 0.3) is 11.0 Å². The molecule has 0 unspecified atom stereocenters. The van der Waals surface area contributed by atoms with Gasteiger partial charge in [-0.2, -0.15) is 0 Å². The standard InChI is InChI=1S/C15H21ClN2O/c1-11(2)8-10-18-12-5-4-6-13(19-3)15(12)17-14(18)7-9-16/h4-6,11H,7-10H2,1-3H3. The Morgan fingerprint density at radius 1 is 1.37 bits per heavy atom. The summed E-state index contributed by atoms with van der Waals surface area (Å²) in [5.74, 6) is 3.14. The number of imidazole rings is 1. The summed E-state index contributed by atoms with van der Waals surface area (Å²) in [6.45, 7) is 5.45. The topological polar surface area (TPSA) is 27.1 Å². The number of nitrogens with zero attached hydrogens (tertiary/aromatic N) is 2. The summed E-state index contributed by atoms with van der Waals surface area (Å²) in [4.78, 5) is 4.70. The Bertz CT molecular complexity index is 548. The number of halogens is 1. The largest absolute Gasteiger partial charge is 0.494 e. The van der Waals surface area contributed by atoms with Crippen molar-refractivity contribution >= 4 is 22.6 Å². The number of benzene rings is 1. The predicted octanol–water partition coefficient (Wildman–Crippen LogP) is 3.87. The zero-order valence-electron chi connectivity index (χ0n) is 11.8. The zero-order chi connectivity index (χ0) is 13.8. The van der Waals surface area contributed by atoms with Crippen LogP contribution in [0.5, 0.6) is 5.75 Å². The van der Waals surface area contributed by atoms with Crippen molar-refractivity contribution in [1.29, 1.82) is 0 Å². The fourth-order valence-corrected chi connectivity index (χ4v) is 2.42. The lowest BCUT2D eigenvalue weighted by molar-refractivity contribution is 0.419. The van der Waals surface area contributed by atoms with Gasteiger partial charge in [-0.25, -0.2) is 4.98 Å². The highest BCUT2D eigenvalue weighted by atomic mass is 35.5. The van der Waals surface area contributed by atoms with Crippen molar-refractivity contribution in [3.05, 3.63) is 24.0 Å². The zero-order valence-corrected chi connectivity index (χ0v) is 12.6. The Hall–Kier alpha value is -1.22. The third kappa shape index (κ3) is 3.03. The Morgan fingerprint density at radius 2 is 2.16 bits per heavy atom. The van der Waals surface area contributed by atoms with E-state index in [2.05, 4.69) is 24.5 Å². The number of aryl methyl sites for hydroxylation is 2. The minimum absolute atomic E-state index is 0.591. The summed E-state index contributed by atoms with van der Waals surface area (Å²) in [5, 5.41) is 0. The molecule has 0 saturated heterocycles. The van der Waals surface area contributed by atoms with Crippen molar-refractivity contribution in [2.45, 2.75) is 33.2 Å². The van der Waals surface area contributed by atoms with Gasteiger partial charge in [-0.15, -0.1) is 11.6 Å². The second-order valence-corrected chi connectivity index (χ2v) is 5.51. The first-order valence-electron chi connectivity index (χ1n) is 6.75. The first kappa shape index (κ1) is 14.2. The number of fused-ring (bicyclic) bond motifs is 1. The fraction of sp³-hybridized carbons (Fsp3) is 0.533. The van der Waals surface area contributed by atoms with E-state index >= 15 is 0 Å². The number of rotatable bonds is 6. The van der Waals surface area contributed by atoms with Crippen LogP contribution in [0.1, 0.15) is 26.1 Å². The third-order valence-electron chi connectivity index (χ3n) is 3.29. The summed E-state index contributed by atoms with van der Waals surface area (Å²) < 4.78 is 7.67. The van der Waals surface area contributed by atoms with E-state index in [9.17, 15) is 0 Å². The number of para-hydroxylation sites is 1. The van der Waals surface area contributed by atoms with Crippen LogP contribution < -0.4 is 4.74 Å². The maximum absolute atomic E-state index is 5.89. The normalized spacial score (nSPS) is 11.4. The van der Waals surface area contributed by atoms with Gasteiger partial charge in [0.1, 0.15) is 17.1 Å². The first-order chi connectivity index (χ1) is 9.17. The number of alkyl halides is 1. The molecular formula is C15H21ClN2O. The fourth-order valence-electron chi connectivity index (χ4n) is 2.25. The minimum Gasteiger partial charge on any atom is -0.494 e. The van der Waals surface area contributed by atoms with Crippen LogP contribution in [-0.2, 0) is 13.0 Å². The summed E-state index contributed by atoms with van der Waals surface area (Å²) in [5.41, 5.74) is 2.08. The molecule has 0 amide bonds. The van der Waals surface area contributed by atoms with Gasteiger partial charge < -0.3 is 9.30 Å². The number of hydrogen-bond donors (Lipinski definition) is 0. The minimum atomic E-state index is 0.591. The van der Waals surface area contributed by atoms with Crippen LogP contribution in [0.4, 0.5) is 0 Å². The first-order valence-corrected chi connectivity index (χ1v) is 7.29. The smallest absolute Gasteiger partial charge is 0.146 e. The molecule has 2 rings (SSSR count). The molecule has 19 heavy (non-hydrogen) atoms. The molecule has 4 heteroatoms. The van der Waals surface area contributed by atoms with Crippen molar-refractivity contribution in [2.75, 3.05) is 13.0 Å². The van der Waals surface area contributed by atoms with Gasteiger partial charge in [-0.1, -0.05) is 19.9 Å². The second kappa shape index (κ2) is 6.29. The third-order valence-corrected chi connectivity index (χ3v) is 3.48. The summed E-state index contributed by atoms with van der Waals surface area (Å²) in [6.07, 6.45) is 1.93. The predicted molar refractivity (Wildman–Crippen MR) is 80.2 cm³/mol. The van der Waals surface area contributed by atoms with Crippen molar-refractivity contribution < 1.29 is 4.74 Å². The lowest BCUT2D eigenvalue weighted by atomic mass is 10.1. The lowest BCUT2D eigenvalue weighted by Gasteiger charge is -2.10. The highest BCUT2D eigenvalue weighted by Gasteiger charge is 2.13. The van der Waals surface area contributed by atoms with Crippen molar-refractivity contribution in [1.82, 2.24) is 9.55 Å². The van der Waals surface area contributed by atoms with Gasteiger partial charge in [0.25, 0.3) is 0 Å². The van der Waals surface area contributed by atoms with E-state index in [4.69, 9.17) is 21.3 Å². The van der Waals surface area contributed by atoms with Crippen LogP contribution in [0.15, 0.2) is 18.2 Å². The maximum Gasteiger partial charge on any atom is 0.146 e. The molecule has 3 nitrogen and oxygen atoms in total. The number of ether oxygens (including phenoxy) is 1. The molecular weight excluding hydrogens is 260 g/mol. The van der Waals surface area contributed by atoms with E-state index in [1.54, 1.807) is 7.11 Å². The van der Waals surface area contributed by atoms with E-state index < -0.39 is 0 Å². The summed E-state index contributed by atoms with van der Waals surface area (Å²) in [6, 6.07) is 6.06. The Morgan fingerprint density at radius 3 is 2.79 bits per heavy atom. The van der Waals surface area contributed by atoms with Crippen LogP contribution in [-0.4, -0.2) is 22.5 Å². The summed E-state index contributed by atoms with van der Waals surface area (Å²) >= 11 is 5.89. The van der Waals surface area contributed by atoms with Gasteiger partial charge in [-0.3, -0.25) is 0 Å². The van der Waals surface area contributed by atoms with Crippen LogP contribution in [0.2, 0.25) is 0 Å². The Kier molecular flexibility index (Phi) is 4.70. The number of hydrogen-bond acceptors (Lipinski definition) is 2. The van der Waals surface area contributed by atoms with Crippen LogP contribution in [0.3, 0.4) is 0 Å². The molecule has 0 bridgehead atoms. The van der Waals surface area contributed by atoms with Gasteiger partial charge >= 0.3 is 0 Å². The molecule has 0 atom stereocenters. The SMILES string of the molecule is COc1cccc2c1nc(CCCl)n2CCC(C)C. The van der Waals surface area contributed by atoms with Crippen molar-refractivity contribution in [3.8, 4) is 5.75 Å².